The van der Waals surface area contributed by atoms with Crippen LogP contribution in [0.15, 0.2) is 24.5 Å². The molecule has 0 fully saturated rings. The molecule has 8 heteroatoms. The van der Waals surface area contributed by atoms with Gasteiger partial charge in [-0.25, -0.2) is 0 Å². The fraction of sp³-hybridized carbons (Fsp3) is 0.250. The number of aryl methyl sites for hydroxylation is 1. The quantitative estimate of drug-likeness (QED) is 0.674. The molecule has 20 heavy (non-hydrogen) atoms. The summed E-state index contributed by atoms with van der Waals surface area (Å²) in [6.07, 6.45) is 3.54. The van der Waals surface area contributed by atoms with E-state index in [1.807, 2.05) is 13.2 Å². The van der Waals surface area contributed by atoms with Crippen LogP contribution in [-0.4, -0.2) is 21.5 Å². The molecule has 1 aromatic heterocycles. The lowest BCUT2D eigenvalue weighted by Gasteiger charge is -2.07. The second-order valence-electron chi connectivity index (χ2n) is 4.36. The third-order valence-electron chi connectivity index (χ3n) is 2.93. The van der Waals surface area contributed by atoms with E-state index in [1.165, 1.54) is 6.07 Å². The summed E-state index contributed by atoms with van der Waals surface area (Å²) in [5.74, 6) is 0.896. The summed E-state index contributed by atoms with van der Waals surface area (Å²) in [7, 11) is 1.81. The summed E-state index contributed by atoms with van der Waals surface area (Å²) >= 11 is 0. The number of nitrogens with one attached hydrogen (secondary N) is 1. The molecular formula is C12H12N4O4. The van der Waals surface area contributed by atoms with E-state index in [0.29, 0.717) is 23.7 Å². The van der Waals surface area contributed by atoms with Crippen LogP contribution in [0.2, 0.25) is 0 Å². The van der Waals surface area contributed by atoms with E-state index in [-0.39, 0.29) is 12.5 Å². The fourth-order valence-corrected chi connectivity index (χ4v) is 1.98. The molecule has 0 bridgehead atoms. The van der Waals surface area contributed by atoms with Gasteiger partial charge in [-0.05, 0) is 0 Å². The SMILES string of the molecule is Cn1cc(CNc2cc3c(cc2[N+](=O)[O-])OCO3)cn1. The molecule has 8 nitrogen and oxygen atoms in total. The summed E-state index contributed by atoms with van der Waals surface area (Å²) in [6.45, 7) is 0.521. The molecule has 0 saturated heterocycles. The van der Waals surface area contributed by atoms with Crippen LogP contribution in [0.1, 0.15) is 5.56 Å². The van der Waals surface area contributed by atoms with Crippen molar-refractivity contribution < 1.29 is 14.4 Å². The van der Waals surface area contributed by atoms with Crippen LogP contribution < -0.4 is 14.8 Å². The van der Waals surface area contributed by atoms with Gasteiger partial charge in [-0.2, -0.15) is 5.10 Å². The number of rotatable bonds is 4. The highest BCUT2D eigenvalue weighted by molar-refractivity contribution is 5.69. The Balaban J connectivity index is 1.86. The lowest BCUT2D eigenvalue weighted by atomic mass is 10.2. The van der Waals surface area contributed by atoms with Gasteiger partial charge >= 0.3 is 0 Å². The summed E-state index contributed by atoms with van der Waals surface area (Å²) in [6, 6.07) is 2.95. The molecule has 0 radical (unpaired) electrons. The highest BCUT2D eigenvalue weighted by atomic mass is 16.7. The van der Waals surface area contributed by atoms with Crippen molar-refractivity contribution in [1.82, 2.24) is 9.78 Å². The molecule has 0 aliphatic carbocycles. The number of anilines is 1. The highest BCUT2D eigenvalue weighted by Gasteiger charge is 2.23. The van der Waals surface area contributed by atoms with Crippen molar-refractivity contribution in [3.05, 3.63) is 40.2 Å². The average Bonchev–Trinajstić information content (AvgIpc) is 3.03. The second-order valence-corrected chi connectivity index (χ2v) is 4.36. The van der Waals surface area contributed by atoms with E-state index < -0.39 is 4.92 Å². The van der Waals surface area contributed by atoms with Crippen LogP contribution in [-0.2, 0) is 13.6 Å². The van der Waals surface area contributed by atoms with Crippen molar-refractivity contribution in [2.24, 2.45) is 7.05 Å². The van der Waals surface area contributed by atoms with Gasteiger partial charge < -0.3 is 14.8 Å². The molecule has 0 atom stereocenters. The molecular weight excluding hydrogens is 264 g/mol. The molecule has 0 amide bonds. The molecule has 0 saturated carbocycles. The Morgan fingerprint density at radius 1 is 1.45 bits per heavy atom. The Labute approximate surface area is 114 Å². The van der Waals surface area contributed by atoms with E-state index in [9.17, 15) is 10.1 Å². The zero-order chi connectivity index (χ0) is 14.1. The van der Waals surface area contributed by atoms with E-state index in [4.69, 9.17) is 9.47 Å². The molecule has 1 aromatic carbocycles. The molecule has 2 heterocycles. The first-order valence-electron chi connectivity index (χ1n) is 5.93. The van der Waals surface area contributed by atoms with Crippen molar-refractivity contribution >= 4 is 11.4 Å². The summed E-state index contributed by atoms with van der Waals surface area (Å²) in [5, 5.41) is 18.2. The third-order valence-corrected chi connectivity index (χ3v) is 2.93. The Bertz CT molecular complexity index is 667. The first-order valence-corrected chi connectivity index (χ1v) is 5.93. The predicted molar refractivity (Wildman–Crippen MR) is 69.8 cm³/mol. The van der Waals surface area contributed by atoms with Gasteiger partial charge in [0.1, 0.15) is 5.69 Å². The van der Waals surface area contributed by atoms with Gasteiger partial charge in [0, 0.05) is 31.4 Å². The van der Waals surface area contributed by atoms with E-state index in [1.54, 1.807) is 16.9 Å². The van der Waals surface area contributed by atoms with E-state index in [0.717, 1.165) is 5.56 Å². The topological polar surface area (TPSA) is 91.5 Å². The van der Waals surface area contributed by atoms with Gasteiger partial charge in [0.2, 0.25) is 6.79 Å². The zero-order valence-corrected chi connectivity index (χ0v) is 10.7. The minimum atomic E-state index is -0.451. The van der Waals surface area contributed by atoms with Crippen LogP contribution in [0.4, 0.5) is 11.4 Å². The van der Waals surface area contributed by atoms with Gasteiger partial charge in [-0.3, -0.25) is 14.8 Å². The van der Waals surface area contributed by atoms with Crippen molar-refractivity contribution in [3.8, 4) is 11.5 Å². The molecule has 1 aliphatic rings. The van der Waals surface area contributed by atoms with Crippen LogP contribution in [0.3, 0.4) is 0 Å². The van der Waals surface area contributed by atoms with E-state index in [2.05, 4.69) is 10.4 Å². The van der Waals surface area contributed by atoms with Crippen molar-refractivity contribution in [2.75, 3.05) is 12.1 Å². The number of fused-ring (bicyclic) bond motifs is 1. The first-order chi connectivity index (χ1) is 9.63. The number of hydrogen-bond donors (Lipinski definition) is 1. The Kier molecular flexibility index (Phi) is 2.90. The predicted octanol–water partition coefficient (Wildman–Crippen LogP) is 1.67. The molecule has 0 unspecified atom stereocenters. The summed E-state index contributed by atoms with van der Waals surface area (Å²) in [5.41, 5.74) is 1.28. The Morgan fingerprint density at radius 2 is 2.20 bits per heavy atom. The van der Waals surface area contributed by atoms with Gasteiger partial charge in [-0.15, -0.1) is 0 Å². The van der Waals surface area contributed by atoms with Gasteiger partial charge in [-0.1, -0.05) is 0 Å². The second kappa shape index (κ2) is 4.72. The monoisotopic (exact) mass is 276 g/mol. The molecule has 0 spiro atoms. The zero-order valence-electron chi connectivity index (χ0n) is 10.7. The van der Waals surface area contributed by atoms with Crippen LogP contribution in [0.5, 0.6) is 11.5 Å². The lowest BCUT2D eigenvalue weighted by molar-refractivity contribution is -0.384. The number of benzene rings is 1. The maximum atomic E-state index is 11.1. The van der Waals surface area contributed by atoms with Gasteiger partial charge in [0.05, 0.1) is 17.2 Å². The summed E-state index contributed by atoms with van der Waals surface area (Å²) < 4.78 is 12.0. The smallest absolute Gasteiger partial charge is 0.296 e. The third kappa shape index (κ3) is 2.22. The average molecular weight is 276 g/mol. The minimum Gasteiger partial charge on any atom is -0.454 e. The lowest BCUT2D eigenvalue weighted by Crippen LogP contribution is -2.02. The van der Waals surface area contributed by atoms with E-state index >= 15 is 0 Å². The highest BCUT2D eigenvalue weighted by Crippen LogP contribution is 2.40. The van der Waals surface area contributed by atoms with Crippen LogP contribution >= 0.6 is 0 Å². The molecule has 2 aromatic rings. The molecule has 1 aliphatic heterocycles. The summed E-state index contributed by atoms with van der Waals surface area (Å²) in [4.78, 5) is 10.6. The number of hydrogen-bond acceptors (Lipinski definition) is 6. The maximum Gasteiger partial charge on any atom is 0.296 e. The number of ether oxygens (including phenoxy) is 2. The largest absolute Gasteiger partial charge is 0.454 e. The first kappa shape index (κ1) is 12.3. The number of nitrogens with zero attached hydrogens (tertiary/aromatic N) is 3. The Morgan fingerprint density at radius 3 is 2.85 bits per heavy atom. The Hall–Kier alpha value is -2.77. The van der Waals surface area contributed by atoms with Gasteiger partial charge in [0.25, 0.3) is 5.69 Å². The van der Waals surface area contributed by atoms with Crippen molar-refractivity contribution in [1.29, 1.82) is 0 Å². The van der Waals surface area contributed by atoms with Crippen LogP contribution in [0.25, 0.3) is 0 Å². The van der Waals surface area contributed by atoms with Gasteiger partial charge in [0.15, 0.2) is 11.5 Å². The number of nitro benzene ring substituents is 1. The van der Waals surface area contributed by atoms with Crippen molar-refractivity contribution in [2.45, 2.75) is 6.54 Å². The molecule has 104 valence electrons. The molecule has 3 rings (SSSR count). The minimum absolute atomic E-state index is 0.0434. The molecule has 1 N–H and O–H groups in total. The van der Waals surface area contributed by atoms with Crippen LogP contribution in [0, 0.1) is 10.1 Å². The number of nitro groups is 1. The maximum absolute atomic E-state index is 11.1. The fourth-order valence-electron chi connectivity index (χ4n) is 1.98. The van der Waals surface area contributed by atoms with Crippen molar-refractivity contribution in [3.63, 3.8) is 0 Å². The number of aromatic nitrogens is 2. The normalized spacial score (nSPS) is 12.4. The standard InChI is InChI=1S/C12H12N4O4/c1-15-6-8(5-14-15)4-13-9-2-11-12(20-7-19-11)3-10(9)16(17)18/h2-3,5-6,13H,4,7H2,1H3.